The Bertz CT molecular complexity index is 1270. The molecule has 1 atom stereocenters. The van der Waals surface area contributed by atoms with E-state index in [9.17, 15) is 9.50 Å². The minimum atomic E-state index is -0.926. The Morgan fingerprint density at radius 3 is 2.40 bits per heavy atom. The molecule has 4 rings (SSSR count). The molecule has 1 aromatic carbocycles. The standard InChI is InChI=1S/C23H23FN6O4S/c1-32-18-7-5-8-19(33-2)21(18)30-22(16-6-4-9-20(26-16)34-3)27-28-23(30)29-35-13-17(31)15-11-10-14(24)12-25-15/h4-12,17,31H,13H2,1-3H3,(H,28,29). The predicted octanol–water partition coefficient (Wildman–Crippen LogP) is 3.68. The molecule has 3 heterocycles. The second-order valence-electron chi connectivity index (χ2n) is 7.09. The van der Waals surface area contributed by atoms with Gasteiger partial charge in [-0.2, -0.15) is 0 Å². The lowest BCUT2D eigenvalue weighted by Crippen LogP contribution is -2.09. The zero-order valence-electron chi connectivity index (χ0n) is 19.2. The Morgan fingerprint density at radius 1 is 1.00 bits per heavy atom. The lowest BCUT2D eigenvalue weighted by atomic mass is 10.2. The van der Waals surface area contributed by atoms with E-state index in [-0.39, 0.29) is 5.75 Å². The highest BCUT2D eigenvalue weighted by molar-refractivity contribution is 8.00. The number of hydrogen-bond donors (Lipinski definition) is 2. The van der Waals surface area contributed by atoms with Gasteiger partial charge in [0, 0.05) is 11.8 Å². The van der Waals surface area contributed by atoms with Gasteiger partial charge in [0.2, 0.25) is 11.8 Å². The molecule has 0 aliphatic carbocycles. The van der Waals surface area contributed by atoms with Crippen molar-refractivity contribution in [2.24, 2.45) is 0 Å². The average Bonchev–Trinajstić information content (AvgIpc) is 3.31. The molecule has 2 N–H and O–H groups in total. The fourth-order valence-electron chi connectivity index (χ4n) is 3.29. The Labute approximate surface area is 205 Å². The number of benzene rings is 1. The first-order valence-electron chi connectivity index (χ1n) is 10.4. The van der Waals surface area contributed by atoms with E-state index in [1.54, 1.807) is 49.1 Å². The van der Waals surface area contributed by atoms with Crippen molar-refractivity contribution >= 4 is 17.9 Å². The smallest absolute Gasteiger partial charge is 0.239 e. The van der Waals surface area contributed by atoms with Crippen molar-refractivity contribution in [3.05, 3.63) is 66.2 Å². The van der Waals surface area contributed by atoms with Crippen LogP contribution < -0.4 is 18.9 Å². The van der Waals surface area contributed by atoms with Gasteiger partial charge in [-0.1, -0.05) is 12.1 Å². The molecule has 0 aliphatic heterocycles. The van der Waals surface area contributed by atoms with E-state index in [0.29, 0.717) is 46.2 Å². The zero-order valence-corrected chi connectivity index (χ0v) is 20.0. The Hall–Kier alpha value is -3.90. The van der Waals surface area contributed by atoms with Crippen LogP contribution in [0.2, 0.25) is 0 Å². The van der Waals surface area contributed by atoms with Crippen molar-refractivity contribution in [1.82, 2.24) is 24.7 Å². The van der Waals surface area contributed by atoms with Crippen LogP contribution in [0.1, 0.15) is 11.8 Å². The number of ether oxygens (including phenoxy) is 3. The molecule has 10 nitrogen and oxygen atoms in total. The topological polar surface area (TPSA) is 116 Å². The van der Waals surface area contributed by atoms with E-state index in [1.165, 1.54) is 31.2 Å². The fraction of sp³-hybridized carbons (Fsp3) is 0.217. The molecule has 1 unspecified atom stereocenters. The van der Waals surface area contributed by atoms with Crippen molar-refractivity contribution < 1.29 is 23.7 Å². The van der Waals surface area contributed by atoms with E-state index in [2.05, 4.69) is 24.9 Å². The minimum Gasteiger partial charge on any atom is -0.494 e. The third kappa shape index (κ3) is 5.28. The van der Waals surface area contributed by atoms with Crippen LogP contribution in [-0.2, 0) is 0 Å². The summed E-state index contributed by atoms with van der Waals surface area (Å²) in [5.41, 5.74) is 1.43. The number of aromatic nitrogens is 5. The number of hydrogen-bond acceptors (Lipinski definition) is 10. The summed E-state index contributed by atoms with van der Waals surface area (Å²) in [4.78, 5) is 8.41. The molecule has 0 bridgehead atoms. The minimum absolute atomic E-state index is 0.210. The van der Waals surface area contributed by atoms with Crippen LogP contribution in [0, 0.1) is 5.82 Å². The van der Waals surface area contributed by atoms with Gasteiger partial charge in [-0.05, 0) is 42.3 Å². The molecule has 35 heavy (non-hydrogen) atoms. The molecular formula is C23H23FN6O4S. The second-order valence-corrected chi connectivity index (χ2v) is 7.92. The number of aliphatic hydroxyl groups is 1. The van der Waals surface area contributed by atoms with Crippen molar-refractivity contribution in [2.75, 3.05) is 31.8 Å². The molecule has 0 fully saturated rings. The number of halogens is 1. The highest BCUT2D eigenvalue weighted by Crippen LogP contribution is 2.38. The number of rotatable bonds is 10. The molecule has 0 saturated carbocycles. The normalized spacial score (nSPS) is 11.7. The first-order valence-corrected chi connectivity index (χ1v) is 11.4. The number of pyridine rings is 2. The summed E-state index contributed by atoms with van der Waals surface area (Å²) in [7, 11) is 4.64. The summed E-state index contributed by atoms with van der Waals surface area (Å²) < 4.78 is 34.4. The number of para-hydroxylation sites is 1. The molecule has 4 aromatic rings. The zero-order chi connectivity index (χ0) is 24.8. The fourth-order valence-corrected chi connectivity index (χ4v) is 3.96. The van der Waals surface area contributed by atoms with Gasteiger partial charge in [0.15, 0.2) is 5.82 Å². The monoisotopic (exact) mass is 498 g/mol. The van der Waals surface area contributed by atoms with Crippen LogP contribution in [0.25, 0.3) is 17.2 Å². The average molecular weight is 499 g/mol. The molecule has 182 valence electrons. The molecule has 0 amide bonds. The first-order chi connectivity index (χ1) is 17.0. The van der Waals surface area contributed by atoms with E-state index >= 15 is 0 Å². The van der Waals surface area contributed by atoms with Crippen LogP contribution >= 0.6 is 11.9 Å². The van der Waals surface area contributed by atoms with Crippen molar-refractivity contribution in [2.45, 2.75) is 6.10 Å². The molecule has 0 saturated heterocycles. The largest absolute Gasteiger partial charge is 0.494 e. The van der Waals surface area contributed by atoms with Crippen LogP contribution in [-0.4, -0.2) is 56.9 Å². The maximum Gasteiger partial charge on any atom is 0.239 e. The number of nitrogens with one attached hydrogen (secondary N) is 1. The van der Waals surface area contributed by atoms with Crippen molar-refractivity contribution in [3.8, 4) is 34.6 Å². The van der Waals surface area contributed by atoms with E-state index in [0.717, 1.165) is 6.20 Å². The van der Waals surface area contributed by atoms with Crippen LogP contribution in [0.5, 0.6) is 17.4 Å². The number of aliphatic hydroxyl groups excluding tert-OH is 1. The van der Waals surface area contributed by atoms with Crippen molar-refractivity contribution in [3.63, 3.8) is 0 Å². The Balaban J connectivity index is 1.70. The van der Waals surface area contributed by atoms with Crippen LogP contribution in [0.3, 0.4) is 0 Å². The maximum atomic E-state index is 13.1. The summed E-state index contributed by atoms with van der Waals surface area (Å²) >= 11 is 1.18. The van der Waals surface area contributed by atoms with Gasteiger partial charge in [0.1, 0.15) is 34.8 Å². The van der Waals surface area contributed by atoms with Crippen molar-refractivity contribution in [1.29, 1.82) is 0 Å². The molecule has 0 spiro atoms. The highest BCUT2D eigenvalue weighted by Gasteiger charge is 2.23. The van der Waals surface area contributed by atoms with E-state index in [1.807, 2.05) is 6.07 Å². The summed E-state index contributed by atoms with van der Waals surface area (Å²) in [6.45, 7) is 0. The SMILES string of the molecule is COc1cccc(-c2nnc(NSCC(O)c3ccc(F)cn3)n2-c2c(OC)cccc2OC)n1. The molecular weight excluding hydrogens is 475 g/mol. The van der Waals surface area contributed by atoms with E-state index in [4.69, 9.17) is 14.2 Å². The Kier molecular flexibility index (Phi) is 7.63. The lowest BCUT2D eigenvalue weighted by molar-refractivity contribution is 0.199. The number of nitrogens with zero attached hydrogens (tertiary/aromatic N) is 5. The highest BCUT2D eigenvalue weighted by atomic mass is 32.2. The third-order valence-electron chi connectivity index (χ3n) is 4.95. The van der Waals surface area contributed by atoms with Gasteiger partial charge >= 0.3 is 0 Å². The quantitative estimate of drug-likeness (QED) is 0.314. The molecule has 12 heteroatoms. The summed E-state index contributed by atoms with van der Waals surface area (Å²) in [5.74, 6) is 1.97. The number of anilines is 1. The summed E-state index contributed by atoms with van der Waals surface area (Å²) in [6.07, 6.45) is 0.138. The summed E-state index contributed by atoms with van der Waals surface area (Å²) in [6, 6.07) is 13.4. The third-order valence-corrected chi connectivity index (χ3v) is 5.76. The van der Waals surface area contributed by atoms with Crippen LogP contribution in [0.15, 0.2) is 54.7 Å². The predicted molar refractivity (Wildman–Crippen MR) is 129 cm³/mol. The molecule has 0 aliphatic rings. The van der Waals surface area contributed by atoms with Gasteiger partial charge in [-0.15, -0.1) is 10.2 Å². The molecule has 3 aromatic heterocycles. The Morgan fingerprint density at radius 2 is 1.74 bits per heavy atom. The molecule has 0 radical (unpaired) electrons. The van der Waals surface area contributed by atoms with Gasteiger partial charge in [0.25, 0.3) is 0 Å². The number of methoxy groups -OCH3 is 3. The second kappa shape index (κ2) is 11.0. The first kappa shape index (κ1) is 24.2. The van der Waals surface area contributed by atoms with Gasteiger partial charge in [-0.25, -0.2) is 9.37 Å². The van der Waals surface area contributed by atoms with Gasteiger partial charge in [-0.3, -0.25) is 14.3 Å². The van der Waals surface area contributed by atoms with E-state index < -0.39 is 11.9 Å². The lowest BCUT2D eigenvalue weighted by Gasteiger charge is -2.17. The van der Waals surface area contributed by atoms with Gasteiger partial charge < -0.3 is 19.3 Å². The van der Waals surface area contributed by atoms with Crippen LogP contribution in [0.4, 0.5) is 10.3 Å². The summed E-state index contributed by atoms with van der Waals surface area (Å²) in [5, 5.41) is 19.1. The van der Waals surface area contributed by atoms with Gasteiger partial charge in [0.05, 0.1) is 33.2 Å². The maximum absolute atomic E-state index is 13.1.